The van der Waals surface area contributed by atoms with Crippen molar-refractivity contribution in [1.82, 2.24) is 14.8 Å². The zero-order valence-electron chi connectivity index (χ0n) is 22.8. The van der Waals surface area contributed by atoms with E-state index in [1.165, 1.54) is 12.8 Å². The van der Waals surface area contributed by atoms with Crippen LogP contribution < -0.4 is 15.5 Å². The van der Waals surface area contributed by atoms with Crippen molar-refractivity contribution in [2.45, 2.75) is 70.8 Å². The van der Waals surface area contributed by atoms with Gasteiger partial charge in [0.1, 0.15) is 27.1 Å². The van der Waals surface area contributed by atoms with E-state index in [-0.39, 0.29) is 22.4 Å². The van der Waals surface area contributed by atoms with Crippen molar-refractivity contribution in [2.24, 2.45) is 7.05 Å². The number of carbonyl (C=O) groups excluding carboxylic acids is 2. The summed E-state index contributed by atoms with van der Waals surface area (Å²) < 4.78 is 22.6. The maximum absolute atomic E-state index is 15.5. The number of aryl methyl sites for hydroxylation is 1. The molecule has 0 spiro atoms. The number of nitrogens with one attached hydrogen (secondary N) is 2. The Bertz CT molecular complexity index is 1370. The maximum atomic E-state index is 15.5. The van der Waals surface area contributed by atoms with Gasteiger partial charge < -0.3 is 15.0 Å². The molecule has 0 atom stereocenters. The number of nitrogens with zero attached hydrogens (tertiary/aromatic N) is 4. The predicted octanol–water partition coefficient (Wildman–Crippen LogP) is 6.54. The molecule has 2 aromatic heterocycles. The largest absolute Gasteiger partial charge is 0.444 e. The van der Waals surface area contributed by atoms with E-state index in [9.17, 15) is 9.59 Å². The first-order valence-electron chi connectivity index (χ1n) is 13.5. The van der Waals surface area contributed by atoms with E-state index in [2.05, 4.69) is 25.6 Å². The van der Waals surface area contributed by atoms with Gasteiger partial charge in [0.05, 0.1) is 6.20 Å². The molecular weight excluding hydrogens is 519 g/mol. The molecule has 1 saturated carbocycles. The Balaban J connectivity index is 1.47. The van der Waals surface area contributed by atoms with Crippen molar-refractivity contribution in [3.05, 3.63) is 41.5 Å². The third kappa shape index (κ3) is 6.24. The van der Waals surface area contributed by atoms with Gasteiger partial charge in [0.15, 0.2) is 11.5 Å². The van der Waals surface area contributed by atoms with E-state index in [1.54, 1.807) is 49.8 Å². The number of amides is 2. The lowest BCUT2D eigenvalue weighted by Crippen LogP contribution is -2.28. The molecule has 2 aliphatic rings. The highest BCUT2D eigenvalue weighted by Crippen LogP contribution is 2.44. The second kappa shape index (κ2) is 11.0. The zero-order chi connectivity index (χ0) is 27.7. The Morgan fingerprint density at radius 2 is 1.82 bits per heavy atom. The Morgan fingerprint density at radius 3 is 2.49 bits per heavy atom. The molecule has 39 heavy (non-hydrogen) atoms. The van der Waals surface area contributed by atoms with Gasteiger partial charge in [-0.15, -0.1) is 0 Å². The summed E-state index contributed by atoms with van der Waals surface area (Å²) in [6.45, 7) is 7.02. The molecule has 11 heteroatoms. The first kappa shape index (κ1) is 27.1. The summed E-state index contributed by atoms with van der Waals surface area (Å²) in [4.78, 5) is 33.0. The second-order valence-electron chi connectivity index (χ2n) is 11.2. The van der Waals surface area contributed by atoms with Crippen LogP contribution in [0.3, 0.4) is 0 Å². The van der Waals surface area contributed by atoms with E-state index in [4.69, 9.17) is 4.74 Å². The number of rotatable bonds is 6. The summed E-state index contributed by atoms with van der Waals surface area (Å²) in [6.07, 6.45) is 7.32. The van der Waals surface area contributed by atoms with Crippen LogP contribution in [0.25, 0.3) is 10.6 Å². The Morgan fingerprint density at radius 1 is 1.10 bits per heavy atom. The van der Waals surface area contributed by atoms with Gasteiger partial charge in [-0.2, -0.15) is 5.10 Å². The van der Waals surface area contributed by atoms with Crippen molar-refractivity contribution in [1.29, 1.82) is 0 Å². The number of benzene rings is 1. The highest BCUT2D eigenvalue weighted by molar-refractivity contribution is 7.19. The van der Waals surface area contributed by atoms with Gasteiger partial charge in [-0.1, -0.05) is 36.3 Å². The van der Waals surface area contributed by atoms with Gasteiger partial charge in [0, 0.05) is 25.7 Å². The third-order valence-corrected chi connectivity index (χ3v) is 7.80. The smallest absolute Gasteiger partial charge is 0.412 e. The van der Waals surface area contributed by atoms with Crippen molar-refractivity contribution >= 4 is 39.8 Å². The van der Waals surface area contributed by atoms with Crippen molar-refractivity contribution in [3.8, 4) is 10.6 Å². The molecule has 1 aromatic carbocycles. The molecule has 2 fully saturated rings. The van der Waals surface area contributed by atoms with Crippen LogP contribution >= 0.6 is 11.3 Å². The summed E-state index contributed by atoms with van der Waals surface area (Å²) in [5, 5.41) is 10.5. The number of carbonyl (C=O) groups is 2. The van der Waals surface area contributed by atoms with Crippen LogP contribution in [0.15, 0.2) is 24.4 Å². The molecule has 2 amide bonds. The number of thiazole rings is 1. The minimum atomic E-state index is -0.734. The standard InChI is InChI=1S/C28H35FN6O3S/c1-28(2,3)38-27(37)33-25-22(32-24(39-25)19-11-9-10-18(21(19)29)17-12-13-17)23(36)31-20-16-30-34(4)26(20)35-14-7-5-6-8-15-35/h9-11,16-17H,5-8,12-15H2,1-4H3,(H,31,36)(H,33,37). The van der Waals surface area contributed by atoms with Crippen molar-refractivity contribution in [3.63, 3.8) is 0 Å². The van der Waals surface area contributed by atoms with Gasteiger partial charge in [-0.3, -0.25) is 14.8 Å². The SMILES string of the molecule is Cn1ncc(NC(=O)c2nc(-c3cccc(C4CC4)c3F)sc2NC(=O)OC(C)(C)C)c1N1CCCCCC1. The molecule has 0 radical (unpaired) electrons. The lowest BCUT2D eigenvalue weighted by molar-refractivity contribution is 0.0636. The highest BCUT2D eigenvalue weighted by atomic mass is 32.1. The van der Waals surface area contributed by atoms with Crippen LogP contribution in [0, 0.1) is 5.82 Å². The topological polar surface area (TPSA) is 101 Å². The Hall–Kier alpha value is -3.47. The van der Waals surface area contributed by atoms with Gasteiger partial charge >= 0.3 is 6.09 Å². The molecule has 2 N–H and O–H groups in total. The zero-order valence-corrected chi connectivity index (χ0v) is 23.7. The molecule has 1 saturated heterocycles. The van der Waals surface area contributed by atoms with E-state index in [0.717, 1.165) is 55.9 Å². The number of aromatic nitrogens is 3. The van der Waals surface area contributed by atoms with Gasteiger partial charge in [0.25, 0.3) is 5.91 Å². The molecule has 9 nitrogen and oxygen atoms in total. The van der Waals surface area contributed by atoms with Crippen LogP contribution in [-0.4, -0.2) is 45.5 Å². The van der Waals surface area contributed by atoms with Gasteiger partial charge in [-0.05, 0) is 64.0 Å². The van der Waals surface area contributed by atoms with Crippen LogP contribution in [0.2, 0.25) is 0 Å². The number of hydrogen-bond acceptors (Lipinski definition) is 7. The molecule has 3 aromatic rings. The molecule has 3 heterocycles. The molecule has 1 aliphatic heterocycles. The summed E-state index contributed by atoms with van der Waals surface area (Å²) in [6, 6.07) is 5.25. The van der Waals surface area contributed by atoms with Crippen LogP contribution in [0.5, 0.6) is 0 Å². The molecule has 0 bridgehead atoms. The number of halogens is 1. The highest BCUT2D eigenvalue weighted by Gasteiger charge is 2.30. The quantitative estimate of drug-likeness (QED) is 0.359. The normalized spacial score (nSPS) is 16.1. The molecule has 208 valence electrons. The first-order chi connectivity index (χ1) is 18.6. The fourth-order valence-electron chi connectivity index (χ4n) is 4.85. The summed E-state index contributed by atoms with van der Waals surface area (Å²) in [5.74, 6) is 0.187. The summed E-state index contributed by atoms with van der Waals surface area (Å²) >= 11 is 1.05. The Labute approximate surface area is 231 Å². The van der Waals surface area contributed by atoms with Crippen molar-refractivity contribution < 1.29 is 18.7 Å². The second-order valence-corrected chi connectivity index (χ2v) is 12.2. The molecule has 0 unspecified atom stereocenters. The molecule has 5 rings (SSSR count). The lowest BCUT2D eigenvalue weighted by atomic mass is 10.1. The average molecular weight is 555 g/mol. The number of anilines is 3. The van der Waals surface area contributed by atoms with Crippen LogP contribution in [-0.2, 0) is 11.8 Å². The molecule has 1 aliphatic carbocycles. The van der Waals surface area contributed by atoms with Crippen LogP contribution in [0.1, 0.15) is 81.3 Å². The van der Waals surface area contributed by atoms with E-state index < -0.39 is 17.6 Å². The minimum absolute atomic E-state index is 0.0113. The monoisotopic (exact) mass is 554 g/mol. The minimum Gasteiger partial charge on any atom is -0.444 e. The first-order valence-corrected chi connectivity index (χ1v) is 14.3. The van der Waals surface area contributed by atoms with Crippen molar-refractivity contribution in [2.75, 3.05) is 28.6 Å². The molecular formula is C28H35FN6O3S. The number of hydrogen-bond donors (Lipinski definition) is 2. The summed E-state index contributed by atoms with van der Waals surface area (Å²) in [7, 11) is 1.85. The van der Waals surface area contributed by atoms with Gasteiger partial charge in [0.2, 0.25) is 0 Å². The average Bonchev–Trinajstić information content (AvgIpc) is 3.59. The predicted molar refractivity (Wildman–Crippen MR) is 151 cm³/mol. The van der Waals surface area contributed by atoms with E-state index >= 15 is 4.39 Å². The lowest BCUT2D eigenvalue weighted by Gasteiger charge is -2.24. The number of ether oxygens (including phenoxy) is 1. The third-order valence-electron chi connectivity index (χ3n) is 6.79. The van der Waals surface area contributed by atoms with E-state index in [0.29, 0.717) is 21.8 Å². The summed E-state index contributed by atoms with van der Waals surface area (Å²) in [5.41, 5.74) is 0.782. The van der Waals surface area contributed by atoms with E-state index in [1.807, 2.05) is 7.05 Å². The maximum Gasteiger partial charge on any atom is 0.412 e. The van der Waals surface area contributed by atoms with Crippen LogP contribution in [0.4, 0.5) is 25.7 Å². The fraction of sp³-hybridized carbons (Fsp3) is 0.500. The fourth-order valence-corrected chi connectivity index (χ4v) is 5.82. The van der Waals surface area contributed by atoms with Gasteiger partial charge in [-0.25, -0.2) is 14.2 Å². The Kier molecular flexibility index (Phi) is 7.61.